The first kappa shape index (κ1) is 16.6. The van der Waals surface area contributed by atoms with Gasteiger partial charge in [-0.2, -0.15) is 0 Å². The van der Waals surface area contributed by atoms with Crippen molar-refractivity contribution in [1.82, 2.24) is 9.55 Å². The summed E-state index contributed by atoms with van der Waals surface area (Å²) in [7, 11) is 1.33. The number of rotatable bonds is 2. The Bertz CT molecular complexity index is 898. The summed E-state index contributed by atoms with van der Waals surface area (Å²) in [5.74, 6) is 0.0538. The molecule has 0 unspecified atom stereocenters. The summed E-state index contributed by atoms with van der Waals surface area (Å²) in [6, 6.07) is 3.38. The summed E-state index contributed by atoms with van der Waals surface area (Å²) < 4.78 is 6.34. The lowest BCUT2D eigenvalue weighted by Gasteiger charge is -2.18. The zero-order chi connectivity index (χ0) is 17.4. The fraction of sp³-hybridized carbons (Fsp3) is 0.412. The molecular formula is C17H19ClN4O2. The molecule has 0 atom stereocenters. The van der Waals surface area contributed by atoms with Crippen molar-refractivity contribution in [1.29, 1.82) is 10.8 Å². The van der Waals surface area contributed by atoms with E-state index in [0.717, 1.165) is 25.7 Å². The molecule has 0 spiro atoms. The second-order valence-electron chi connectivity index (χ2n) is 6.10. The number of carbonyl (C=O) groups excluding carboxylic acids is 1. The number of ether oxygens (including phenoxy) is 1. The number of nitrogens with one attached hydrogen (secondary N) is 2. The Morgan fingerprint density at radius 1 is 1.38 bits per heavy atom. The minimum absolute atomic E-state index is 0.00582. The maximum Gasteiger partial charge on any atom is 0.338 e. The third-order valence-corrected chi connectivity index (χ3v) is 4.85. The average Bonchev–Trinajstić information content (AvgIpc) is 3.09. The van der Waals surface area contributed by atoms with Gasteiger partial charge in [0.15, 0.2) is 10.6 Å². The van der Waals surface area contributed by atoms with Crippen molar-refractivity contribution in [3.8, 4) is 0 Å². The maximum atomic E-state index is 11.9. The van der Waals surface area contributed by atoms with Gasteiger partial charge in [-0.1, -0.05) is 24.4 Å². The van der Waals surface area contributed by atoms with E-state index in [9.17, 15) is 4.79 Å². The predicted molar refractivity (Wildman–Crippen MR) is 91.8 cm³/mol. The molecule has 1 heterocycles. The molecule has 24 heavy (non-hydrogen) atoms. The van der Waals surface area contributed by atoms with Crippen molar-refractivity contribution in [3.63, 3.8) is 0 Å². The second-order valence-corrected chi connectivity index (χ2v) is 6.46. The van der Waals surface area contributed by atoms with Crippen LogP contribution in [0, 0.1) is 23.7 Å². The van der Waals surface area contributed by atoms with Crippen LogP contribution in [-0.2, 0) is 4.74 Å². The molecule has 126 valence electrons. The topological polar surface area (TPSA) is 91.8 Å². The molecular weight excluding hydrogens is 328 g/mol. The van der Waals surface area contributed by atoms with Crippen LogP contribution in [0.2, 0.25) is 5.15 Å². The van der Waals surface area contributed by atoms with E-state index in [2.05, 4.69) is 4.98 Å². The molecule has 1 saturated carbocycles. The van der Waals surface area contributed by atoms with Crippen molar-refractivity contribution in [2.75, 3.05) is 7.11 Å². The third kappa shape index (κ3) is 2.71. The first-order valence-corrected chi connectivity index (χ1v) is 8.26. The van der Waals surface area contributed by atoms with E-state index in [-0.39, 0.29) is 16.6 Å². The Balaban J connectivity index is 2.26. The predicted octanol–water partition coefficient (Wildman–Crippen LogP) is 3.28. The quantitative estimate of drug-likeness (QED) is 0.496. The van der Waals surface area contributed by atoms with Crippen LogP contribution in [0.1, 0.15) is 41.6 Å². The lowest BCUT2D eigenvalue weighted by atomic mass is 10.0. The van der Waals surface area contributed by atoms with Crippen LogP contribution < -0.4 is 5.49 Å². The fourth-order valence-electron chi connectivity index (χ4n) is 3.28. The first-order chi connectivity index (χ1) is 11.4. The highest BCUT2D eigenvalue weighted by Crippen LogP contribution is 2.27. The van der Waals surface area contributed by atoms with Crippen LogP contribution in [0.15, 0.2) is 12.1 Å². The normalized spacial score (nSPS) is 15.0. The number of benzene rings is 1. The number of nitrogens with zero attached hydrogens (tertiary/aromatic N) is 2. The number of halogens is 1. The molecule has 3 rings (SSSR count). The van der Waals surface area contributed by atoms with E-state index < -0.39 is 5.97 Å². The Kier molecular flexibility index (Phi) is 4.41. The summed E-state index contributed by atoms with van der Waals surface area (Å²) in [4.78, 5) is 16.1. The van der Waals surface area contributed by atoms with E-state index in [1.165, 1.54) is 7.11 Å². The largest absolute Gasteiger partial charge is 0.465 e. The van der Waals surface area contributed by atoms with Gasteiger partial charge in [0.05, 0.1) is 23.7 Å². The molecule has 1 fully saturated rings. The fourth-order valence-corrected chi connectivity index (χ4v) is 3.46. The van der Waals surface area contributed by atoms with E-state index >= 15 is 0 Å². The molecule has 1 aromatic carbocycles. The minimum Gasteiger partial charge on any atom is -0.465 e. The molecule has 1 aliphatic rings. The number of methoxy groups -OCH3 is 1. The molecule has 0 radical (unpaired) electrons. The van der Waals surface area contributed by atoms with E-state index in [4.69, 9.17) is 27.2 Å². The molecule has 2 aromatic rings. The van der Waals surface area contributed by atoms with Crippen molar-refractivity contribution < 1.29 is 9.53 Å². The Hall–Kier alpha value is -2.21. The number of fused-ring (bicyclic) bond motifs is 1. The summed E-state index contributed by atoms with van der Waals surface area (Å²) in [5, 5.41) is 16.8. The minimum atomic E-state index is -0.445. The lowest BCUT2D eigenvalue weighted by Crippen LogP contribution is -2.32. The van der Waals surface area contributed by atoms with Crippen molar-refractivity contribution in [3.05, 3.63) is 33.9 Å². The zero-order valence-corrected chi connectivity index (χ0v) is 14.4. The van der Waals surface area contributed by atoms with Gasteiger partial charge in [0, 0.05) is 5.92 Å². The highest BCUT2D eigenvalue weighted by molar-refractivity contribution is 6.29. The van der Waals surface area contributed by atoms with Gasteiger partial charge >= 0.3 is 5.97 Å². The summed E-state index contributed by atoms with van der Waals surface area (Å²) in [5.41, 5.74) is 2.22. The van der Waals surface area contributed by atoms with Crippen molar-refractivity contribution in [2.24, 2.45) is 5.92 Å². The SMILES string of the molecule is COC(=O)c1cc2nc(Cl)c(=N)n(C(=N)C3CCCC3)c2cc1C. The second kappa shape index (κ2) is 6.36. The van der Waals surface area contributed by atoms with Crippen LogP contribution in [0.5, 0.6) is 0 Å². The van der Waals surface area contributed by atoms with Crippen molar-refractivity contribution >= 4 is 34.4 Å². The van der Waals surface area contributed by atoms with Gasteiger partial charge in [-0.15, -0.1) is 0 Å². The van der Waals surface area contributed by atoms with Crippen LogP contribution in [0.25, 0.3) is 11.0 Å². The van der Waals surface area contributed by atoms with Crippen LogP contribution in [0.4, 0.5) is 0 Å². The number of aromatic nitrogens is 2. The summed E-state index contributed by atoms with van der Waals surface area (Å²) >= 11 is 6.12. The average molecular weight is 347 g/mol. The van der Waals surface area contributed by atoms with E-state index in [0.29, 0.717) is 28.0 Å². The monoisotopic (exact) mass is 346 g/mol. The maximum absolute atomic E-state index is 11.9. The Labute approximate surface area is 144 Å². The number of hydrogen-bond donors (Lipinski definition) is 2. The van der Waals surface area contributed by atoms with Gasteiger partial charge in [0.25, 0.3) is 0 Å². The molecule has 1 aliphatic carbocycles. The van der Waals surface area contributed by atoms with Gasteiger partial charge in [0.2, 0.25) is 0 Å². The highest BCUT2D eigenvalue weighted by atomic mass is 35.5. The van der Waals surface area contributed by atoms with Crippen LogP contribution in [0.3, 0.4) is 0 Å². The molecule has 1 aromatic heterocycles. The number of carbonyl (C=O) groups is 1. The first-order valence-electron chi connectivity index (χ1n) is 7.88. The summed E-state index contributed by atoms with van der Waals surface area (Å²) in [6.45, 7) is 1.80. The summed E-state index contributed by atoms with van der Waals surface area (Å²) in [6.07, 6.45) is 4.10. The smallest absolute Gasteiger partial charge is 0.338 e. The molecule has 0 amide bonds. The van der Waals surface area contributed by atoms with E-state index in [1.54, 1.807) is 23.6 Å². The van der Waals surface area contributed by atoms with Gasteiger partial charge in [0.1, 0.15) is 5.84 Å². The molecule has 0 saturated heterocycles. The number of esters is 1. The molecule has 0 bridgehead atoms. The molecule has 0 aliphatic heterocycles. The van der Waals surface area contributed by atoms with Crippen LogP contribution in [-0.4, -0.2) is 28.5 Å². The molecule has 7 heteroatoms. The standard InChI is InChI=1S/C17H19ClN4O2/c1-9-7-13-12(8-11(9)17(23)24-2)21-14(18)16(20)22(13)15(19)10-5-3-4-6-10/h7-8,10,19-20H,3-6H2,1-2H3. The zero-order valence-electron chi connectivity index (χ0n) is 13.6. The van der Waals surface area contributed by atoms with Gasteiger partial charge in [-0.3, -0.25) is 15.4 Å². The Morgan fingerprint density at radius 2 is 2.04 bits per heavy atom. The number of aryl methyl sites for hydroxylation is 1. The third-order valence-electron chi connectivity index (χ3n) is 4.59. The van der Waals surface area contributed by atoms with Gasteiger partial charge in [-0.25, -0.2) is 9.78 Å². The van der Waals surface area contributed by atoms with Gasteiger partial charge < -0.3 is 4.74 Å². The van der Waals surface area contributed by atoms with Gasteiger partial charge in [-0.05, 0) is 37.5 Å². The molecule has 2 N–H and O–H groups in total. The van der Waals surface area contributed by atoms with E-state index in [1.807, 2.05) is 0 Å². The number of hydrogen-bond acceptors (Lipinski definition) is 5. The molecule has 6 nitrogen and oxygen atoms in total. The lowest BCUT2D eigenvalue weighted by molar-refractivity contribution is 0.0600. The van der Waals surface area contributed by atoms with Crippen LogP contribution >= 0.6 is 11.6 Å². The Morgan fingerprint density at radius 3 is 2.67 bits per heavy atom. The highest BCUT2D eigenvalue weighted by Gasteiger charge is 2.24. The van der Waals surface area contributed by atoms with Crippen molar-refractivity contribution in [2.45, 2.75) is 32.6 Å².